The van der Waals surface area contributed by atoms with Crippen molar-refractivity contribution in [2.75, 3.05) is 20.4 Å². The molecule has 5 nitrogen and oxygen atoms in total. The summed E-state index contributed by atoms with van der Waals surface area (Å²) in [7, 11) is 1.72. The summed E-state index contributed by atoms with van der Waals surface area (Å²) in [6.45, 7) is 2.37. The van der Waals surface area contributed by atoms with Crippen LogP contribution in [0.4, 0.5) is 0 Å². The number of aromatic amines is 1. The normalized spacial score (nSPS) is 20.6. The fourth-order valence-corrected chi connectivity index (χ4v) is 4.75. The number of H-pyrrole nitrogens is 1. The van der Waals surface area contributed by atoms with Gasteiger partial charge in [0.25, 0.3) is 0 Å². The molecule has 0 saturated heterocycles. The molecule has 132 valence electrons. The quantitative estimate of drug-likeness (QED) is 0.730. The van der Waals surface area contributed by atoms with Crippen molar-refractivity contribution in [1.82, 2.24) is 9.88 Å². The summed E-state index contributed by atoms with van der Waals surface area (Å²) >= 11 is 0. The van der Waals surface area contributed by atoms with Gasteiger partial charge in [-0.3, -0.25) is 4.90 Å². The Hall–Kier alpha value is -2.66. The molecule has 6 rings (SSSR count). The van der Waals surface area contributed by atoms with E-state index in [1.54, 1.807) is 7.11 Å². The highest BCUT2D eigenvalue weighted by atomic mass is 16.7. The molecular weight excluding hydrogens is 328 g/mol. The van der Waals surface area contributed by atoms with E-state index in [-0.39, 0.29) is 0 Å². The molecule has 0 fully saturated rings. The number of nitrogens with one attached hydrogen (secondary N) is 1. The summed E-state index contributed by atoms with van der Waals surface area (Å²) in [6.07, 6.45) is 2.07. The Balaban J connectivity index is 1.47. The number of rotatable bonds is 1. The van der Waals surface area contributed by atoms with E-state index >= 15 is 0 Å². The number of ether oxygens (including phenoxy) is 3. The van der Waals surface area contributed by atoms with Gasteiger partial charge in [-0.25, -0.2) is 0 Å². The Kier molecular flexibility index (Phi) is 2.89. The number of hydrogen-bond acceptors (Lipinski definition) is 4. The molecule has 1 N–H and O–H groups in total. The topological polar surface area (TPSA) is 46.7 Å². The molecule has 26 heavy (non-hydrogen) atoms. The van der Waals surface area contributed by atoms with Gasteiger partial charge < -0.3 is 19.2 Å². The van der Waals surface area contributed by atoms with Crippen molar-refractivity contribution in [3.8, 4) is 17.2 Å². The molecule has 0 amide bonds. The minimum Gasteiger partial charge on any atom is -0.497 e. The van der Waals surface area contributed by atoms with Gasteiger partial charge in [-0.15, -0.1) is 0 Å². The van der Waals surface area contributed by atoms with Crippen molar-refractivity contribution in [3.63, 3.8) is 0 Å². The summed E-state index contributed by atoms with van der Waals surface area (Å²) < 4.78 is 16.6. The number of methoxy groups -OCH3 is 1. The Labute approximate surface area is 151 Å². The molecule has 1 atom stereocenters. The molecule has 0 radical (unpaired) electrons. The largest absolute Gasteiger partial charge is 0.497 e. The van der Waals surface area contributed by atoms with E-state index < -0.39 is 0 Å². The molecule has 3 aliphatic heterocycles. The zero-order chi connectivity index (χ0) is 17.3. The maximum absolute atomic E-state index is 5.64. The molecule has 0 unspecified atom stereocenters. The fraction of sp³-hybridized carbons (Fsp3) is 0.333. The van der Waals surface area contributed by atoms with Gasteiger partial charge in [0.1, 0.15) is 5.75 Å². The predicted molar refractivity (Wildman–Crippen MR) is 98.0 cm³/mol. The van der Waals surface area contributed by atoms with Crippen LogP contribution in [0.2, 0.25) is 0 Å². The van der Waals surface area contributed by atoms with Crippen LogP contribution >= 0.6 is 0 Å². The van der Waals surface area contributed by atoms with Crippen LogP contribution < -0.4 is 14.2 Å². The molecule has 3 aromatic rings. The lowest BCUT2D eigenvalue weighted by Crippen LogP contribution is -2.39. The van der Waals surface area contributed by atoms with Gasteiger partial charge in [-0.2, -0.15) is 0 Å². The molecule has 3 aliphatic rings. The number of nitrogens with zero attached hydrogens (tertiary/aromatic N) is 1. The third-order valence-corrected chi connectivity index (χ3v) is 6.06. The predicted octanol–water partition coefficient (Wildman–Crippen LogP) is 3.56. The van der Waals surface area contributed by atoms with Crippen LogP contribution in [-0.4, -0.2) is 30.3 Å². The van der Waals surface area contributed by atoms with Crippen LogP contribution in [0.5, 0.6) is 17.2 Å². The molecule has 0 aliphatic carbocycles. The summed E-state index contributed by atoms with van der Waals surface area (Å²) in [5, 5.41) is 1.28. The summed E-state index contributed by atoms with van der Waals surface area (Å²) in [5.74, 6) is 2.69. The van der Waals surface area contributed by atoms with Gasteiger partial charge >= 0.3 is 0 Å². The zero-order valence-corrected chi connectivity index (χ0v) is 14.7. The average Bonchev–Trinajstić information content (AvgIpc) is 3.27. The Bertz CT molecular complexity index is 1040. The molecule has 5 heteroatoms. The fourth-order valence-electron chi connectivity index (χ4n) is 4.75. The molecule has 4 heterocycles. The first-order valence-electron chi connectivity index (χ1n) is 9.14. The maximum Gasteiger partial charge on any atom is 0.231 e. The lowest BCUT2D eigenvalue weighted by atomic mass is 9.85. The molecular formula is C21H20N2O3. The third kappa shape index (κ3) is 1.95. The minimum atomic E-state index is 0.332. The second-order valence-electron chi connectivity index (χ2n) is 7.34. The van der Waals surface area contributed by atoms with Crippen LogP contribution in [0.25, 0.3) is 10.9 Å². The lowest BCUT2D eigenvalue weighted by molar-refractivity contribution is 0.159. The van der Waals surface area contributed by atoms with Crippen LogP contribution in [0.3, 0.4) is 0 Å². The van der Waals surface area contributed by atoms with Gasteiger partial charge in [0.2, 0.25) is 6.79 Å². The van der Waals surface area contributed by atoms with Gasteiger partial charge in [0, 0.05) is 35.7 Å². The van der Waals surface area contributed by atoms with E-state index in [0.29, 0.717) is 12.8 Å². The van der Waals surface area contributed by atoms with Gasteiger partial charge in [-0.1, -0.05) is 0 Å². The van der Waals surface area contributed by atoms with Crippen molar-refractivity contribution < 1.29 is 14.2 Å². The average molecular weight is 348 g/mol. The van der Waals surface area contributed by atoms with Crippen molar-refractivity contribution >= 4 is 10.9 Å². The molecule has 0 bridgehead atoms. The smallest absolute Gasteiger partial charge is 0.231 e. The van der Waals surface area contributed by atoms with Crippen LogP contribution in [0.15, 0.2) is 30.3 Å². The SMILES string of the molecule is COc1ccc2[nH]c3c(c2c1)C[C@@H]1c2cc4c(cc2CCN1C3)OCO4. The Morgan fingerprint density at radius 2 is 2.04 bits per heavy atom. The number of fused-ring (bicyclic) bond motifs is 7. The molecule has 1 aromatic heterocycles. The molecule has 2 aromatic carbocycles. The summed E-state index contributed by atoms with van der Waals surface area (Å²) in [4.78, 5) is 6.21. The molecule has 0 saturated carbocycles. The highest BCUT2D eigenvalue weighted by Gasteiger charge is 2.35. The Morgan fingerprint density at radius 3 is 2.92 bits per heavy atom. The monoisotopic (exact) mass is 348 g/mol. The number of benzene rings is 2. The van der Waals surface area contributed by atoms with E-state index in [9.17, 15) is 0 Å². The first-order chi connectivity index (χ1) is 12.8. The first kappa shape index (κ1) is 14.5. The highest BCUT2D eigenvalue weighted by molar-refractivity contribution is 5.86. The van der Waals surface area contributed by atoms with Gasteiger partial charge in [-0.05, 0) is 59.9 Å². The summed E-state index contributed by atoms with van der Waals surface area (Å²) in [5.41, 5.74) is 6.75. The number of hydrogen-bond donors (Lipinski definition) is 1. The highest BCUT2D eigenvalue weighted by Crippen LogP contribution is 2.45. The van der Waals surface area contributed by atoms with E-state index in [0.717, 1.165) is 43.2 Å². The Morgan fingerprint density at radius 1 is 1.15 bits per heavy atom. The minimum absolute atomic E-state index is 0.332. The van der Waals surface area contributed by atoms with Crippen molar-refractivity contribution in [2.45, 2.75) is 25.4 Å². The van der Waals surface area contributed by atoms with Crippen molar-refractivity contribution in [3.05, 3.63) is 52.7 Å². The maximum atomic E-state index is 5.64. The lowest BCUT2D eigenvalue weighted by Gasteiger charge is -2.40. The van der Waals surface area contributed by atoms with Crippen molar-refractivity contribution in [1.29, 1.82) is 0 Å². The second-order valence-corrected chi connectivity index (χ2v) is 7.34. The van der Waals surface area contributed by atoms with E-state index in [2.05, 4.69) is 34.1 Å². The van der Waals surface area contributed by atoms with Crippen LogP contribution in [-0.2, 0) is 19.4 Å². The van der Waals surface area contributed by atoms with E-state index in [1.165, 1.54) is 33.3 Å². The van der Waals surface area contributed by atoms with Crippen LogP contribution in [0, 0.1) is 0 Å². The van der Waals surface area contributed by atoms with Crippen LogP contribution in [0.1, 0.15) is 28.4 Å². The van der Waals surface area contributed by atoms with E-state index in [1.807, 2.05) is 6.07 Å². The van der Waals surface area contributed by atoms with E-state index in [4.69, 9.17) is 14.2 Å². The number of aromatic nitrogens is 1. The van der Waals surface area contributed by atoms with Gasteiger partial charge in [0.15, 0.2) is 11.5 Å². The molecule has 0 spiro atoms. The van der Waals surface area contributed by atoms with Crippen molar-refractivity contribution in [2.24, 2.45) is 0 Å². The standard InChI is InChI=1S/C21H20N2O3/c1-24-13-2-3-17-15(7-13)16-8-19-14-9-21-20(25-11-26-21)6-12(14)4-5-23(19)10-18(16)22-17/h2-3,6-7,9,19,22H,4-5,8,10-11H2,1H3/t19-/m1/s1. The summed E-state index contributed by atoms with van der Waals surface area (Å²) in [6, 6.07) is 11.1. The second kappa shape index (κ2) is 5.17. The zero-order valence-electron chi connectivity index (χ0n) is 14.7. The van der Waals surface area contributed by atoms with Gasteiger partial charge in [0.05, 0.1) is 7.11 Å². The third-order valence-electron chi connectivity index (χ3n) is 6.06. The first-order valence-corrected chi connectivity index (χ1v) is 9.14.